The first-order valence-electron chi connectivity index (χ1n) is 52.5. The monoisotopic (exact) mass is 1830 g/mol. The van der Waals surface area contributed by atoms with Crippen molar-refractivity contribution in [3.05, 3.63) is 314 Å². The van der Waals surface area contributed by atoms with Crippen molar-refractivity contribution < 1.29 is 0 Å². The second-order valence-electron chi connectivity index (χ2n) is 30.9. The number of aryl methyl sites for hydroxylation is 7. The number of hydrogen-bond donors (Lipinski definition) is 0. The first-order chi connectivity index (χ1) is 67.2. The molecule has 0 aliphatic heterocycles. The molecule has 2 atom stereocenters. The summed E-state index contributed by atoms with van der Waals surface area (Å²) in [5.41, 5.74) is 31.0. The number of rotatable bonds is 4. The van der Waals surface area contributed by atoms with Gasteiger partial charge in [-0.3, -0.25) is 0 Å². The molecule has 0 bridgehead atoms. The largest absolute Gasteiger partial charge is 0.344 e. The quantitative estimate of drug-likeness (QED) is 0.168. The van der Waals surface area contributed by atoms with Crippen molar-refractivity contribution in [2.45, 2.75) is 233 Å². The first kappa shape index (κ1) is 113. The van der Waals surface area contributed by atoms with E-state index in [1.54, 1.807) is 0 Å². The fraction of sp³-hybridized carbons (Fsp3) is 0.323. The van der Waals surface area contributed by atoms with E-state index in [-0.39, 0.29) is 5.41 Å². The van der Waals surface area contributed by atoms with Crippen LogP contribution in [0.25, 0.3) is 197 Å². The Morgan fingerprint density at radius 2 is 0.328 bits per heavy atom. The minimum atomic E-state index is 0.130. The van der Waals surface area contributed by atoms with Gasteiger partial charge in [-0.15, -0.1) is 0 Å². The molecule has 2 unspecified atom stereocenters. The molecular weight excluding hydrogens is 1660 g/mol. The minimum Gasteiger partial charge on any atom is -0.344 e. The van der Waals surface area contributed by atoms with Crippen molar-refractivity contribution in [2.75, 3.05) is 0 Å². The van der Waals surface area contributed by atoms with Gasteiger partial charge in [0.25, 0.3) is 0 Å². The van der Waals surface area contributed by atoms with Gasteiger partial charge < -0.3 is 32.0 Å². The van der Waals surface area contributed by atoms with Crippen LogP contribution in [0.2, 0.25) is 0 Å². The molecule has 7 heterocycles. The van der Waals surface area contributed by atoms with Crippen molar-refractivity contribution in [1.82, 2.24) is 32.0 Å². The van der Waals surface area contributed by atoms with Crippen LogP contribution in [0.5, 0.6) is 0 Å². The predicted molar refractivity (Wildman–Crippen MR) is 627 cm³/mol. The Morgan fingerprint density at radius 1 is 0.168 bits per heavy atom. The highest BCUT2D eigenvalue weighted by Crippen LogP contribution is 2.55. The van der Waals surface area contributed by atoms with Crippen molar-refractivity contribution in [2.24, 2.45) is 55.3 Å². The summed E-state index contributed by atoms with van der Waals surface area (Å²) < 4.78 is 16.1. The van der Waals surface area contributed by atoms with Gasteiger partial charge in [0.2, 0.25) is 0 Å². The fourth-order valence-corrected chi connectivity index (χ4v) is 19.4. The fourth-order valence-electron chi connectivity index (χ4n) is 19.4. The van der Waals surface area contributed by atoms with Crippen LogP contribution in [0.15, 0.2) is 303 Å². The van der Waals surface area contributed by atoms with Crippen LogP contribution in [0.3, 0.4) is 0 Å². The van der Waals surface area contributed by atoms with Crippen LogP contribution in [-0.4, -0.2) is 32.0 Å². The number of benzene rings is 14. The molecule has 23 rings (SSSR count). The molecule has 21 aromatic rings. The van der Waals surface area contributed by atoms with E-state index in [9.17, 15) is 0 Å². The SMILES string of the molecule is CC.CC.CC.CC.CC.CC.CC.CC.CC.CC.CC.CC.CC.CC.CC.Cn1c2ccccc2c2cc(-c3ccc4c(c3)c3cc(-c5ccc6c(c5)c5ccccc5n6C)ccc3n4C)ccc21.Cn1c2ccccc2c2cc(-c3ccc4c(c3)c3cc5c(cc3n4C)C(C)(C)C3C=CC=CC53)ccc21.Cn1c2ccccc2c2cc(-c3ccc4c(c3)c3ccccc3n4C)ccc21. The van der Waals surface area contributed by atoms with E-state index in [4.69, 9.17) is 0 Å². The number of hydrogen-bond acceptors (Lipinski definition) is 0. The van der Waals surface area contributed by atoms with E-state index < -0.39 is 0 Å². The van der Waals surface area contributed by atoms with Gasteiger partial charge in [0.05, 0.1) is 0 Å². The standard InChI is InChI=1S/C39H29N3.C35H30N2.C26H20N2.15C2H6/c1-40-34-10-6-4-8-28(34)30-20-24(12-16-36(30)40)26-14-18-38-32(22-26)33-23-27(15-19-39(33)42(38)3)25-13-17-37-31(21-25)29-9-5-7-11-35(29)41(37)2;1-35(2)29-11-7-5-9-23(29)25-19-28-27-18-22(14-16-33(27)37(4)34(28)20-30(25)35)21-13-15-32-26(17-21)24-10-6-8-12-31(24)36(32)3;1-27-23-9-5-3-7-19(23)21-15-17(11-13-25(21)27)18-12-14-26-22(16-18)20-8-4-6-10-24(20)28(26)2;15*1-2/h4-23H,1-3H3;5-20,23,29H,1-4H3;3-16H,1-2H3;15*1-2H3. The molecule has 7 nitrogen and oxygen atoms in total. The Labute approximate surface area is 826 Å². The molecule has 0 N–H and O–H groups in total. The van der Waals surface area contributed by atoms with Gasteiger partial charge in [0.15, 0.2) is 0 Å². The summed E-state index contributed by atoms with van der Waals surface area (Å²) in [6.07, 6.45) is 9.26. The van der Waals surface area contributed by atoms with Gasteiger partial charge in [0, 0.05) is 208 Å². The molecule has 7 aromatic heterocycles. The Balaban J connectivity index is 0.000000280. The normalized spacial score (nSPS) is 12.2. The van der Waals surface area contributed by atoms with E-state index in [2.05, 4.69) is 399 Å². The number of aromatic nitrogens is 7. The van der Waals surface area contributed by atoms with Crippen LogP contribution >= 0.6 is 0 Å². The van der Waals surface area contributed by atoms with Gasteiger partial charge in [-0.2, -0.15) is 0 Å². The predicted octanol–water partition coefficient (Wildman–Crippen LogP) is 40.8. The third-order valence-electron chi connectivity index (χ3n) is 25.1. The maximum absolute atomic E-state index is 2.50. The molecule has 7 heteroatoms. The highest BCUT2D eigenvalue weighted by Gasteiger charge is 2.45. The summed E-state index contributed by atoms with van der Waals surface area (Å²) in [4.78, 5) is 0. The summed E-state index contributed by atoms with van der Waals surface area (Å²) in [5, 5.41) is 18.4. The summed E-state index contributed by atoms with van der Waals surface area (Å²) in [6.45, 7) is 64.8. The summed E-state index contributed by atoms with van der Waals surface area (Å²) in [7, 11) is 15.2. The van der Waals surface area contributed by atoms with Crippen molar-refractivity contribution in [3.63, 3.8) is 0 Å². The highest BCUT2D eigenvalue weighted by atomic mass is 15.0. The van der Waals surface area contributed by atoms with Gasteiger partial charge in [-0.25, -0.2) is 0 Å². The number of nitrogens with zero attached hydrogens (tertiary/aromatic N) is 7. The molecule has 2 aliphatic carbocycles. The Hall–Kier alpha value is -12.8. The molecule has 0 saturated heterocycles. The lowest BCUT2D eigenvalue weighted by Gasteiger charge is -2.29. The van der Waals surface area contributed by atoms with Gasteiger partial charge in [0.1, 0.15) is 0 Å². The maximum Gasteiger partial charge on any atom is 0.0491 e. The van der Waals surface area contributed by atoms with Crippen LogP contribution < -0.4 is 0 Å². The summed E-state index contributed by atoms with van der Waals surface area (Å²) in [6, 6.07) is 103. The van der Waals surface area contributed by atoms with Gasteiger partial charge >= 0.3 is 0 Å². The van der Waals surface area contributed by atoms with Crippen LogP contribution in [0.4, 0.5) is 0 Å². The van der Waals surface area contributed by atoms with Crippen molar-refractivity contribution in [1.29, 1.82) is 0 Å². The molecule has 0 amide bonds. The smallest absolute Gasteiger partial charge is 0.0491 e. The molecule has 724 valence electrons. The Kier molecular flexibility index (Phi) is 44.7. The molecule has 14 aromatic carbocycles. The van der Waals surface area contributed by atoms with Crippen LogP contribution in [-0.2, 0) is 54.7 Å². The first-order valence-corrected chi connectivity index (χ1v) is 52.5. The third kappa shape index (κ3) is 21.6. The van der Waals surface area contributed by atoms with Gasteiger partial charge in [-0.05, 0) is 206 Å². The maximum atomic E-state index is 2.50. The average Bonchev–Trinajstić information content (AvgIpc) is 1.55. The average molecular weight is 1830 g/mol. The van der Waals surface area contributed by atoms with Crippen LogP contribution in [0.1, 0.15) is 239 Å². The lowest BCUT2D eigenvalue weighted by molar-refractivity contribution is 0.394. The van der Waals surface area contributed by atoms with E-state index in [1.807, 2.05) is 208 Å². The molecule has 0 radical (unpaired) electrons. The lowest BCUT2D eigenvalue weighted by atomic mass is 9.74. The highest BCUT2D eigenvalue weighted by molar-refractivity contribution is 6.17. The second-order valence-corrected chi connectivity index (χ2v) is 30.9. The van der Waals surface area contributed by atoms with Crippen molar-refractivity contribution >= 4 is 153 Å². The molecule has 0 spiro atoms. The Bertz CT molecular complexity index is 7160. The van der Waals surface area contributed by atoms with Crippen molar-refractivity contribution in [3.8, 4) is 44.5 Å². The number of para-hydroxylation sites is 5. The molecule has 0 fully saturated rings. The zero-order valence-electron chi connectivity index (χ0n) is 91.7. The zero-order valence-corrected chi connectivity index (χ0v) is 91.7. The van der Waals surface area contributed by atoms with Crippen LogP contribution in [0, 0.1) is 5.92 Å². The molecule has 0 saturated carbocycles. The van der Waals surface area contributed by atoms with E-state index in [1.165, 1.54) is 208 Å². The summed E-state index contributed by atoms with van der Waals surface area (Å²) >= 11 is 0. The molecular formula is C130H169N7. The van der Waals surface area contributed by atoms with E-state index >= 15 is 0 Å². The second kappa shape index (κ2) is 54.2. The van der Waals surface area contributed by atoms with E-state index in [0.717, 1.165) is 0 Å². The number of allylic oxidation sites excluding steroid dienone is 4. The minimum absolute atomic E-state index is 0.130. The Morgan fingerprint density at radius 3 is 0.533 bits per heavy atom. The summed E-state index contributed by atoms with van der Waals surface area (Å²) in [5.74, 6) is 0.991. The number of fused-ring (bicyclic) bond motifs is 24. The molecule has 2 aliphatic rings. The topological polar surface area (TPSA) is 34.5 Å². The molecule has 137 heavy (non-hydrogen) atoms. The van der Waals surface area contributed by atoms with Gasteiger partial charge in [-0.1, -0.05) is 385 Å². The zero-order chi connectivity index (χ0) is 102. The lowest BCUT2D eigenvalue weighted by Crippen LogP contribution is -2.24. The van der Waals surface area contributed by atoms with E-state index in [0.29, 0.717) is 11.8 Å². The third-order valence-corrected chi connectivity index (χ3v) is 25.1.